The minimum absolute atomic E-state index is 0.0390. The first-order valence-electron chi connectivity index (χ1n) is 10.6. The summed E-state index contributed by atoms with van der Waals surface area (Å²) in [5.41, 5.74) is 3.88. The summed E-state index contributed by atoms with van der Waals surface area (Å²) in [5, 5.41) is 15.2. The first-order chi connectivity index (χ1) is 16.5. The molecule has 3 aromatic carbocycles. The van der Waals surface area contributed by atoms with Crippen molar-refractivity contribution in [3.8, 4) is 23.3 Å². The second kappa shape index (κ2) is 9.84. The lowest BCUT2D eigenvalue weighted by Gasteiger charge is -2.14. The highest BCUT2D eigenvalue weighted by Gasteiger charge is 2.26. The number of rotatable bonds is 6. The fraction of sp³-hybridized carbons (Fsp3) is 0.111. The summed E-state index contributed by atoms with van der Waals surface area (Å²) < 4.78 is 11.1. The van der Waals surface area contributed by atoms with E-state index in [2.05, 4.69) is 10.1 Å². The van der Waals surface area contributed by atoms with E-state index < -0.39 is 5.91 Å². The van der Waals surface area contributed by atoms with Gasteiger partial charge < -0.3 is 9.15 Å². The number of hydrogen-bond acceptors (Lipinski definition) is 6. The topological polar surface area (TPSA) is 91.7 Å². The smallest absolute Gasteiger partial charge is 0.281 e. The van der Waals surface area contributed by atoms with Crippen LogP contribution in [0.25, 0.3) is 11.5 Å². The minimum Gasteiger partial charge on any atom is -0.497 e. The molecule has 1 amide bonds. The van der Waals surface area contributed by atoms with Crippen LogP contribution in [-0.2, 0) is 0 Å². The molecule has 7 nitrogen and oxygen atoms in total. The number of hydrogen-bond donors (Lipinski definition) is 0. The molecule has 0 aliphatic carbocycles. The SMILES string of the molecule is COc1ccc(/C=N\N(C(=O)c2ccc(C)cc2)c2oc(-c3ccc(C)cc3)nc2C#N)cc1. The highest BCUT2D eigenvalue weighted by atomic mass is 16.5. The number of carbonyl (C=O) groups is 1. The molecule has 1 heterocycles. The number of anilines is 1. The summed E-state index contributed by atoms with van der Waals surface area (Å²) in [6.45, 7) is 3.91. The van der Waals surface area contributed by atoms with Crippen LogP contribution in [0.2, 0.25) is 0 Å². The van der Waals surface area contributed by atoms with Crippen LogP contribution < -0.4 is 9.75 Å². The van der Waals surface area contributed by atoms with E-state index in [9.17, 15) is 10.1 Å². The van der Waals surface area contributed by atoms with Gasteiger partial charge in [-0.25, -0.2) is 0 Å². The van der Waals surface area contributed by atoms with Crippen LogP contribution in [0.1, 0.15) is 32.7 Å². The molecular formula is C27H22N4O3. The van der Waals surface area contributed by atoms with Crippen LogP contribution in [0.3, 0.4) is 0 Å². The summed E-state index contributed by atoms with van der Waals surface area (Å²) in [6, 6.07) is 23.8. The second-order valence-electron chi connectivity index (χ2n) is 7.65. The number of ether oxygens (including phenoxy) is 1. The monoisotopic (exact) mass is 450 g/mol. The molecule has 4 rings (SSSR count). The van der Waals surface area contributed by atoms with Crippen LogP contribution in [0.15, 0.2) is 82.3 Å². The van der Waals surface area contributed by atoms with Crippen LogP contribution in [0, 0.1) is 25.2 Å². The summed E-state index contributed by atoms with van der Waals surface area (Å²) in [6.07, 6.45) is 1.51. The molecule has 0 atom stereocenters. The predicted molar refractivity (Wildman–Crippen MR) is 130 cm³/mol. The quantitative estimate of drug-likeness (QED) is 0.285. The molecule has 1 aromatic heterocycles. The van der Waals surface area contributed by atoms with E-state index in [1.807, 2.05) is 56.3 Å². The van der Waals surface area contributed by atoms with Crippen molar-refractivity contribution in [2.75, 3.05) is 12.1 Å². The van der Waals surface area contributed by atoms with E-state index in [-0.39, 0.29) is 17.5 Å². The zero-order valence-corrected chi connectivity index (χ0v) is 19.0. The number of oxazole rings is 1. The third-order valence-electron chi connectivity index (χ3n) is 5.14. The molecule has 4 aromatic rings. The van der Waals surface area contributed by atoms with E-state index in [1.54, 1.807) is 43.5 Å². The molecule has 0 fully saturated rings. The number of benzene rings is 3. The van der Waals surface area contributed by atoms with E-state index in [0.29, 0.717) is 16.9 Å². The van der Waals surface area contributed by atoms with Gasteiger partial charge in [0.15, 0.2) is 0 Å². The maximum atomic E-state index is 13.4. The van der Waals surface area contributed by atoms with Gasteiger partial charge in [0.25, 0.3) is 11.8 Å². The van der Waals surface area contributed by atoms with Gasteiger partial charge in [0.05, 0.1) is 13.3 Å². The number of hydrazone groups is 1. The largest absolute Gasteiger partial charge is 0.497 e. The summed E-state index contributed by atoms with van der Waals surface area (Å²) in [7, 11) is 1.59. The molecule has 0 bridgehead atoms. The molecule has 34 heavy (non-hydrogen) atoms. The molecule has 0 radical (unpaired) electrons. The Labute approximate surface area is 197 Å². The number of amides is 1. The number of aromatic nitrogens is 1. The molecule has 168 valence electrons. The van der Waals surface area contributed by atoms with Crippen molar-refractivity contribution >= 4 is 18.0 Å². The van der Waals surface area contributed by atoms with Crippen molar-refractivity contribution in [3.05, 3.63) is 101 Å². The van der Waals surface area contributed by atoms with Crippen LogP contribution in [0.5, 0.6) is 5.75 Å². The average Bonchev–Trinajstić information content (AvgIpc) is 3.29. The maximum Gasteiger partial charge on any atom is 0.281 e. The summed E-state index contributed by atoms with van der Waals surface area (Å²) >= 11 is 0. The van der Waals surface area contributed by atoms with Crippen molar-refractivity contribution in [1.29, 1.82) is 5.26 Å². The van der Waals surface area contributed by atoms with Crippen molar-refractivity contribution in [2.24, 2.45) is 5.10 Å². The molecule has 0 spiro atoms. The lowest BCUT2D eigenvalue weighted by molar-refractivity contribution is 0.0983. The Bertz CT molecular complexity index is 1360. The van der Waals surface area contributed by atoms with Crippen LogP contribution >= 0.6 is 0 Å². The molecule has 0 saturated carbocycles. The lowest BCUT2D eigenvalue weighted by Crippen LogP contribution is -2.26. The van der Waals surface area contributed by atoms with Crippen molar-refractivity contribution in [2.45, 2.75) is 13.8 Å². The molecule has 0 aliphatic rings. The maximum absolute atomic E-state index is 13.4. The average molecular weight is 450 g/mol. The van der Waals surface area contributed by atoms with Crippen molar-refractivity contribution in [1.82, 2.24) is 4.98 Å². The number of nitriles is 1. The van der Waals surface area contributed by atoms with E-state index >= 15 is 0 Å². The summed E-state index contributed by atoms with van der Waals surface area (Å²) in [5.74, 6) is 0.434. The van der Waals surface area contributed by atoms with Crippen LogP contribution in [0.4, 0.5) is 5.88 Å². The first-order valence-corrected chi connectivity index (χ1v) is 10.6. The zero-order chi connectivity index (χ0) is 24.1. The number of nitrogens with zero attached hydrogens (tertiary/aromatic N) is 4. The summed E-state index contributed by atoms with van der Waals surface area (Å²) in [4.78, 5) is 17.7. The molecule has 0 unspecified atom stereocenters. The molecule has 7 heteroatoms. The number of aryl methyl sites for hydroxylation is 2. The lowest BCUT2D eigenvalue weighted by atomic mass is 10.1. The van der Waals surface area contributed by atoms with Gasteiger partial charge in [-0.1, -0.05) is 35.4 Å². The standard InChI is InChI=1S/C27H22N4O3/c1-18-4-10-21(11-5-18)25-30-24(16-28)27(34-25)31(26(32)22-12-6-19(2)7-13-22)29-17-20-8-14-23(33-3)15-9-20/h4-15,17H,1-3H3/b29-17-. The molecular weight excluding hydrogens is 428 g/mol. The van der Waals surface area contributed by atoms with Gasteiger partial charge in [-0.05, 0) is 67.9 Å². The van der Waals surface area contributed by atoms with Gasteiger partial charge in [-0.2, -0.15) is 20.4 Å². The third-order valence-corrected chi connectivity index (χ3v) is 5.14. The Kier molecular flexibility index (Phi) is 6.51. The van der Waals surface area contributed by atoms with Gasteiger partial charge in [0.1, 0.15) is 11.8 Å². The van der Waals surface area contributed by atoms with E-state index in [1.165, 1.54) is 6.21 Å². The Balaban J connectivity index is 1.77. The Morgan fingerprint density at radius 2 is 1.62 bits per heavy atom. The molecule has 0 saturated heterocycles. The van der Waals surface area contributed by atoms with E-state index in [0.717, 1.165) is 21.7 Å². The fourth-order valence-corrected chi connectivity index (χ4v) is 3.18. The van der Waals surface area contributed by atoms with Crippen molar-refractivity contribution < 1.29 is 13.9 Å². The van der Waals surface area contributed by atoms with Gasteiger partial charge in [0.2, 0.25) is 11.6 Å². The van der Waals surface area contributed by atoms with Crippen molar-refractivity contribution in [3.63, 3.8) is 0 Å². The fourth-order valence-electron chi connectivity index (χ4n) is 3.18. The first kappa shape index (κ1) is 22.5. The van der Waals surface area contributed by atoms with E-state index in [4.69, 9.17) is 9.15 Å². The van der Waals surface area contributed by atoms with Gasteiger partial charge >= 0.3 is 0 Å². The van der Waals surface area contributed by atoms with Crippen LogP contribution in [-0.4, -0.2) is 24.2 Å². The Morgan fingerprint density at radius 1 is 1.00 bits per heavy atom. The van der Waals surface area contributed by atoms with Gasteiger partial charge in [-0.15, -0.1) is 0 Å². The van der Waals surface area contributed by atoms with Gasteiger partial charge in [-0.3, -0.25) is 4.79 Å². The highest BCUT2D eigenvalue weighted by molar-refractivity contribution is 6.06. The third kappa shape index (κ3) is 4.87. The molecule has 0 aliphatic heterocycles. The normalized spacial score (nSPS) is 10.8. The Hall–Kier alpha value is -4.70. The zero-order valence-electron chi connectivity index (χ0n) is 19.0. The molecule has 0 N–H and O–H groups in total. The predicted octanol–water partition coefficient (Wildman–Crippen LogP) is 5.52. The Morgan fingerprint density at radius 3 is 2.21 bits per heavy atom. The van der Waals surface area contributed by atoms with Gasteiger partial charge in [0, 0.05) is 11.1 Å². The number of methoxy groups -OCH3 is 1. The highest BCUT2D eigenvalue weighted by Crippen LogP contribution is 2.30. The minimum atomic E-state index is -0.451. The second-order valence-corrected chi connectivity index (χ2v) is 7.65. The number of carbonyl (C=O) groups excluding carboxylic acids is 1.